The minimum atomic E-state index is -0.208. The second-order valence-corrected chi connectivity index (χ2v) is 10.5. The Hall–Kier alpha value is -2.30. The smallest absolute Gasteiger partial charge is 0.159 e. The van der Waals surface area contributed by atoms with Crippen LogP contribution in [0.1, 0.15) is 36.6 Å². The Labute approximate surface area is 216 Å². The van der Waals surface area contributed by atoms with E-state index in [0.29, 0.717) is 30.9 Å². The van der Waals surface area contributed by atoms with Gasteiger partial charge in [0.1, 0.15) is 11.6 Å². The van der Waals surface area contributed by atoms with Crippen LogP contribution >= 0.6 is 11.6 Å². The maximum absolute atomic E-state index is 9.54. The molecule has 5 heterocycles. The predicted octanol–water partition coefficient (Wildman–Crippen LogP) is 2.94. The molecule has 3 fully saturated rings. The predicted molar refractivity (Wildman–Crippen MR) is 138 cm³/mol. The number of aryl methyl sites for hydroxylation is 1. The summed E-state index contributed by atoms with van der Waals surface area (Å²) in [5.74, 6) is 2.65. The fraction of sp³-hybridized carbons (Fsp3) is 0.577. The summed E-state index contributed by atoms with van der Waals surface area (Å²) in [5.41, 5.74) is 2.19. The fourth-order valence-electron chi connectivity index (χ4n) is 5.79. The van der Waals surface area contributed by atoms with Gasteiger partial charge in [-0.3, -0.25) is 4.90 Å². The molecule has 1 N–H and O–H groups in total. The lowest BCUT2D eigenvalue weighted by Gasteiger charge is -2.35. The molecule has 3 saturated heterocycles. The van der Waals surface area contributed by atoms with Gasteiger partial charge in [0.05, 0.1) is 37.6 Å². The lowest BCUT2D eigenvalue weighted by molar-refractivity contribution is 0.00335. The summed E-state index contributed by atoms with van der Waals surface area (Å²) >= 11 is 6.80. The second kappa shape index (κ2) is 10.2. The molecule has 2 atom stereocenters. The van der Waals surface area contributed by atoms with E-state index in [1.54, 1.807) is 0 Å². The normalized spacial score (nSPS) is 24.1. The van der Waals surface area contributed by atoms with E-state index in [1.807, 2.05) is 29.9 Å². The summed E-state index contributed by atoms with van der Waals surface area (Å²) in [7, 11) is 0. The number of aromatic nitrogens is 4. The Morgan fingerprint density at radius 3 is 2.67 bits per heavy atom. The summed E-state index contributed by atoms with van der Waals surface area (Å²) in [6, 6.07) is 6.78. The molecule has 0 amide bonds. The summed E-state index contributed by atoms with van der Waals surface area (Å²) in [6.07, 6.45) is 4.97. The van der Waals surface area contributed by atoms with Crippen LogP contribution in [-0.4, -0.2) is 94.5 Å². The number of ether oxygens (including phenoxy) is 2. The SMILES string of the molecule is Cc1nc(N2CCOC(CO)C2)cc(-n2ncc3cc(Cl)c(C4CCN(C5CCOC5)CC4)cc32)n1. The molecule has 0 aliphatic carbocycles. The zero-order valence-electron chi connectivity index (χ0n) is 20.6. The van der Waals surface area contributed by atoms with Gasteiger partial charge in [-0.05, 0) is 62.9 Å². The molecule has 2 unspecified atom stereocenters. The van der Waals surface area contributed by atoms with Crippen LogP contribution in [0.25, 0.3) is 16.7 Å². The van der Waals surface area contributed by atoms with Gasteiger partial charge in [0.25, 0.3) is 0 Å². The Morgan fingerprint density at radius 1 is 1.06 bits per heavy atom. The van der Waals surface area contributed by atoms with Gasteiger partial charge < -0.3 is 19.5 Å². The standard InChI is InChI=1S/C26H33ClN6O3/c1-17-29-25(32-7-9-36-21(14-32)15-34)12-26(30-17)33-24-11-22(23(27)10-19(24)13-28-33)18-2-5-31(6-3-18)20-4-8-35-16-20/h10-13,18,20-21,34H,2-9,14-16H2,1H3. The third-order valence-corrected chi connectivity index (χ3v) is 8.10. The number of hydrogen-bond donors (Lipinski definition) is 1. The molecular formula is C26H33ClN6O3. The first-order valence-electron chi connectivity index (χ1n) is 12.9. The molecule has 0 saturated carbocycles. The van der Waals surface area contributed by atoms with E-state index in [0.717, 1.165) is 79.7 Å². The van der Waals surface area contributed by atoms with Crippen molar-refractivity contribution in [2.45, 2.75) is 44.2 Å². The molecule has 10 heteroatoms. The first-order chi connectivity index (χ1) is 17.6. The highest BCUT2D eigenvalue weighted by molar-refractivity contribution is 6.32. The van der Waals surface area contributed by atoms with Crippen molar-refractivity contribution in [2.24, 2.45) is 0 Å². The van der Waals surface area contributed by atoms with Crippen molar-refractivity contribution < 1.29 is 14.6 Å². The molecule has 192 valence electrons. The largest absolute Gasteiger partial charge is 0.394 e. The molecule has 2 aromatic heterocycles. The van der Waals surface area contributed by atoms with Crippen LogP contribution in [0.5, 0.6) is 0 Å². The maximum Gasteiger partial charge on any atom is 0.159 e. The number of anilines is 1. The molecule has 0 bridgehead atoms. The van der Waals surface area contributed by atoms with Gasteiger partial charge in [0.15, 0.2) is 5.82 Å². The van der Waals surface area contributed by atoms with E-state index in [2.05, 4.69) is 25.9 Å². The van der Waals surface area contributed by atoms with E-state index in [-0.39, 0.29) is 12.7 Å². The first-order valence-corrected chi connectivity index (χ1v) is 13.3. The number of benzene rings is 1. The lowest BCUT2D eigenvalue weighted by atomic mass is 9.88. The molecule has 3 aliphatic rings. The average Bonchev–Trinajstić information content (AvgIpc) is 3.58. The second-order valence-electron chi connectivity index (χ2n) is 10.1. The quantitative estimate of drug-likeness (QED) is 0.558. The van der Waals surface area contributed by atoms with E-state index in [4.69, 9.17) is 26.1 Å². The highest BCUT2D eigenvalue weighted by atomic mass is 35.5. The van der Waals surface area contributed by atoms with Crippen molar-refractivity contribution in [1.82, 2.24) is 24.6 Å². The Kier molecular flexibility index (Phi) is 6.83. The third-order valence-electron chi connectivity index (χ3n) is 7.77. The zero-order chi connectivity index (χ0) is 24.6. The summed E-state index contributed by atoms with van der Waals surface area (Å²) in [5, 5.41) is 16.0. The van der Waals surface area contributed by atoms with Crippen LogP contribution in [0.2, 0.25) is 5.02 Å². The number of rotatable bonds is 5. The molecule has 0 spiro atoms. The molecular weight excluding hydrogens is 480 g/mol. The van der Waals surface area contributed by atoms with Gasteiger partial charge in [-0.15, -0.1) is 0 Å². The van der Waals surface area contributed by atoms with Crippen LogP contribution in [0.15, 0.2) is 24.4 Å². The molecule has 3 aliphatic heterocycles. The Balaban J connectivity index is 1.28. The number of aliphatic hydroxyl groups is 1. The lowest BCUT2D eigenvalue weighted by Crippen LogP contribution is -2.44. The van der Waals surface area contributed by atoms with E-state index in [9.17, 15) is 5.11 Å². The third kappa shape index (κ3) is 4.70. The van der Waals surface area contributed by atoms with Gasteiger partial charge in [-0.25, -0.2) is 14.6 Å². The minimum Gasteiger partial charge on any atom is -0.394 e. The van der Waals surface area contributed by atoms with E-state index >= 15 is 0 Å². The maximum atomic E-state index is 9.54. The number of likely N-dealkylation sites (tertiary alicyclic amines) is 1. The molecule has 3 aromatic rings. The topological polar surface area (TPSA) is 88.8 Å². The van der Waals surface area contributed by atoms with Crippen LogP contribution in [0, 0.1) is 6.92 Å². The van der Waals surface area contributed by atoms with Crippen molar-refractivity contribution in [3.63, 3.8) is 0 Å². The monoisotopic (exact) mass is 512 g/mol. The Bertz CT molecular complexity index is 1220. The minimum absolute atomic E-state index is 0.00584. The van der Waals surface area contributed by atoms with Gasteiger partial charge >= 0.3 is 0 Å². The van der Waals surface area contributed by atoms with Crippen LogP contribution < -0.4 is 4.90 Å². The zero-order valence-corrected chi connectivity index (χ0v) is 21.4. The van der Waals surface area contributed by atoms with E-state index < -0.39 is 0 Å². The number of morpholine rings is 1. The molecule has 36 heavy (non-hydrogen) atoms. The number of halogens is 1. The van der Waals surface area contributed by atoms with Gasteiger partial charge in [0, 0.05) is 42.2 Å². The van der Waals surface area contributed by atoms with E-state index in [1.165, 1.54) is 5.56 Å². The Morgan fingerprint density at radius 2 is 1.89 bits per heavy atom. The van der Waals surface area contributed by atoms with Gasteiger partial charge in [-0.1, -0.05) is 11.6 Å². The fourth-order valence-corrected chi connectivity index (χ4v) is 6.11. The average molecular weight is 513 g/mol. The van der Waals surface area contributed by atoms with Crippen molar-refractivity contribution >= 4 is 28.3 Å². The van der Waals surface area contributed by atoms with Crippen molar-refractivity contribution in [3.8, 4) is 5.82 Å². The van der Waals surface area contributed by atoms with Gasteiger partial charge in [0.2, 0.25) is 0 Å². The summed E-state index contributed by atoms with van der Waals surface area (Å²) < 4.78 is 13.1. The number of fused-ring (bicyclic) bond motifs is 1. The molecule has 1 aromatic carbocycles. The van der Waals surface area contributed by atoms with Crippen LogP contribution in [0.4, 0.5) is 5.82 Å². The van der Waals surface area contributed by atoms with Crippen molar-refractivity contribution in [1.29, 1.82) is 0 Å². The number of hydrogen-bond acceptors (Lipinski definition) is 8. The molecule has 9 nitrogen and oxygen atoms in total. The first kappa shape index (κ1) is 24.1. The highest BCUT2D eigenvalue weighted by Gasteiger charge is 2.29. The van der Waals surface area contributed by atoms with Crippen LogP contribution in [-0.2, 0) is 9.47 Å². The molecule has 0 radical (unpaired) electrons. The summed E-state index contributed by atoms with van der Waals surface area (Å²) in [6.45, 7) is 7.67. The van der Waals surface area contributed by atoms with Crippen molar-refractivity contribution in [3.05, 3.63) is 40.8 Å². The molecule has 6 rings (SSSR count). The summed E-state index contributed by atoms with van der Waals surface area (Å²) in [4.78, 5) is 14.1. The number of aliphatic hydroxyl groups excluding tert-OH is 1. The van der Waals surface area contributed by atoms with Crippen LogP contribution in [0.3, 0.4) is 0 Å². The number of piperidine rings is 1. The van der Waals surface area contributed by atoms with Gasteiger partial charge in [-0.2, -0.15) is 5.10 Å². The number of nitrogens with zero attached hydrogens (tertiary/aromatic N) is 6. The van der Waals surface area contributed by atoms with Crippen molar-refractivity contribution in [2.75, 3.05) is 57.5 Å². The highest BCUT2D eigenvalue weighted by Crippen LogP contribution is 2.37.